The van der Waals surface area contributed by atoms with Crippen molar-refractivity contribution in [2.75, 3.05) is 18.9 Å². The zero-order valence-electron chi connectivity index (χ0n) is 11.8. The Morgan fingerprint density at radius 1 is 1.22 bits per heavy atom. The Kier molecular flexibility index (Phi) is 5.84. The molecular formula is C15H29NOS. The van der Waals surface area contributed by atoms with E-state index in [1.54, 1.807) is 0 Å². The lowest BCUT2D eigenvalue weighted by Gasteiger charge is -2.36. The highest BCUT2D eigenvalue weighted by atomic mass is 32.2. The monoisotopic (exact) mass is 271 g/mol. The van der Waals surface area contributed by atoms with Gasteiger partial charge in [-0.1, -0.05) is 26.2 Å². The largest absolute Gasteiger partial charge is 0.396 e. The molecule has 2 N–H and O–H groups in total. The van der Waals surface area contributed by atoms with Crippen LogP contribution >= 0.6 is 11.8 Å². The summed E-state index contributed by atoms with van der Waals surface area (Å²) < 4.78 is 0. The molecule has 0 spiro atoms. The summed E-state index contributed by atoms with van der Waals surface area (Å²) in [5.41, 5.74) is 0.203. The molecule has 0 amide bonds. The van der Waals surface area contributed by atoms with Crippen LogP contribution in [0.4, 0.5) is 0 Å². The van der Waals surface area contributed by atoms with Gasteiger partial charge in [0.25, 0.3) is 0 Å². The fourth-order valence-electron chi connectivity index (χ4n) is 3.57. The summed E-state index contributed by atoms with van der Waals surface area (Å²) in [6.45, 7) is 3.67. The second kappa shape index (κ2) is 7.16. The van der Waals surface area contributed by atoms with E-state index in [0.29, 0.717) is 12.6 Å². The standard InChI is InChI=1S/C15H29NOS/c1-2-18-14-7-6-13(10-14)16-11-15(12-17)8-4-3-5-9-15/h13-14,16-17H,2-12H2,1H3. The summed E-state index contributed by atoms with van der Waals surface area (Å²) in [7, 11) is 0. The van der Waals surface area contributed by atoms with E-state index in [4.69, 9.17) is 0 Å². The Morgan fingerprint density at radius 2 is 2.00 bits per heavy atom. The third-order valence-electron chi connectivity index (χ3n) is 4.80. The zero-order chi connectivity index (χ0) is 12.8. The third-order valence-corrected chi connectivity index (χ3v) is 6.04. The highest BCUT2D eigenvalue weighted by Gasteiger charge is 2.33. The fraction of sp³-hybridized carbons (Fsp3) is 1.00. The lowest BCUT2D eigenvalue weighted by molar-refractivity contribution is 0.0785. The smallest absolute Gasteiger partial charge is 0.0499 e. The third kappa shape index (κ3) is 3.88. The van der Waals surface area contributed by atoms with E-state index < -0.39 is 0 Å². The molecule has 2 aliphatic carbocycles. The van der Waals surface area contributed by atoms with Gasteiger partial charge in [-0.05, 0) is 37.9 Å². The molecule has 0 aromatic rings. The summed E-state index contributed by atoms with van der Waals surface area (Å²) >= 11 is 2.12. The number of aliphatic hydroxyl groups excluding tert-OH is 1. The van der Waals surface area contributed by atoms with Gasteiger partial charge in [0, 0.05) is 29.9 Å². The minimum Gasteiger partial charge on any atom is -0.396 e. The average molecular weight is 271 g/mol. The maximum absolute atomic E-state index is 9.71. The maximum atomic E-state index is 9.71. The summed E-state index contributed by atoms with van der Waals surface area (Å²) in [5, 5.41) is 14.3. The number of thioether (sulfide) groups is 1. The molecule has 2 unspecified atom stereocenters. The van der Waals surface area contributed by atoms with Crippen LogP contribution in [-0.2, 0) is 0 Å². The second-order valence-corrected chi connectivity index (χ2v) is 7.76. The van der Waals surface area contributed by atoms with Crippen LogP contribution in [0.1, 0.15) is 58.3 Å². The topological polar surface area (TPSA) is 32.3 Å². The van der Waals surface area contributed by atoms with Crippen molar-refractivity contribution in [3.8, 4) is 0 Å². The fourth-order valence-corrected chi connectivity index (χ4v) is 4.71. The maximum Gasteiger partial charge on any atom is 0.0499 e. The first-order valence-corrected chi connectivity index (χ1v) is 8.79. The molecule has 0 radical (unpaired) electrons. The van der Waals surface area contributed by atoms with E-state index in [9.17, 15) is 5.11 Å². The van der Waals surface area contributed by atoms with Crippen molar-refractivity contribution in [3.63, 3.8) is 0 Å². The van der Waals surface area contributed by atoms with Crippen molar-refractivity contribution in [2.24, 2.45) is 5.41 Å². The van der Waals surface area contributed by atoms with Crippen LogP contribution in [0.3, 0.4) is 0 Å². The first kappa shape index (κ1) is 14.7. The van der Waals surface area contributed by atoms with Crippen molar-refractivity contribution >= 4 is 11.8 Å². The molecule has 2 fully saturated rings. The molecule has 0 aliphatic heterocycles. The Balaban J connectivity index is 1.73. The van der Waals surface area contributed by atoms with Crippen LogP contribution < -0.4 is 5.32 Å². The number of hydrogen-bond acceptors (Lipinski definition) is 3. The molecule has 0 aromatic heterocycles. The molecule has 2 saturated carbocycles. The number of nitrogens with one attached hydrogen (secondary N) is 1. The van der Waals surface area contributed by atoms with Crippen LogP contribution in [0.5, 0.6) is 0 Å². The van der Waals surface area contributed by atoms with Crippen molar-refractivity contribution < 1.29 is 5.11 Å². The SMILES string of the molecule is CCSC1CCC(NCC2(CO)CCCCC2)C1. The van der Waals surface area contributed by atoms with Crippen LogP contribution in [0.15, 0.2) is 0 Å². The molecule has 18 heavy (non-hydrogen) atoms. The number of aliphatic hydroxyl groups is 1. The van der Waals surface area contributed by atoms with Gasteiger partial charge >= 0.3 is 0 Å². The Hall–Kier alpha value is 0.270. The van der Waals surface area contributed by atoms with E-state index in [1.807, 2.05) is 0 Å². The van der Waals surface area contributed by atoms with E-state index in [1.165, 1.54) is 57.1 Å². The highest BCUT2D eigenvalue weighted by Crippen LogP contribution is 2.36. The normalized spacial score (nSPS) is 31.7. The van der Waals surface area contributed by atoms with E-state index in [-0.39, 0.29) is 5.41 Å². The average Bonchev–Trinajstić information content (AvgIpc) is 2.86. The molecule has 106 valence electrons. The van der Waals surface area contributed by atoms with Crippen LogP contribution in [-0.4, -0.2) is 35.3 Å². The lowest BCUT2D eigenvalue weighted by atomic mass is 9.74. The van der Waals surface area contributed by atoms with Gasteiger partial charge in [-0.2, -0.15) is 11.8 Å². The van der Waals surface area contributed by atoms with Gasteiger partial charge in [0.15, 0.2) is 0 Å². The second-order valence-electron chi connectivity index (χ2n) is 6.19. The number of hydrogen-bond donors (Lipinski definition) is 2. The van der Waals surface area contributed by atoms with Gasteiger partial charge in [-0.15, -0.1) is 0 Å². The van der Waals surface area contributed by atoms with Gasteiger partial charge < -0.3 is 10.4 Å². The molecule has 0 heterocycles. The predicted molar refractivity (Wildman–Crippen MR) is 80.2 cm³/mol. The molecule has 0 saturated heterocycles. The summed E-state index contributed by atoms with van der Waals surface area (Å²) in [6.07, 6.45) is 10.5. The minimum atomic E-state index is 0.203. The number of rotatable bonds is 6. The van der Waals surface area contributed by atoms with E-state index in [2.05, 4.69) is 24.0 Å². The van der Waals surface area contributed by atoms with Crippen molar-refractivity contribution in [3.05, 3.63) is 0 Å². The summed E-state index contributed by atoms with van der Waals surface area (Å²) in [6, 6.07) is 0.708. The van der Waals surface area contributed by atoms with Gasteiger partial charge in [-0.3, -0.25) is 0 Å². The van der Waals surface area contributed by atoms with Crippen molar-refractivity contribution in [1.29, 1.82) is 0 Å². The van der Waals surface area contributed by atoms with Crippen LogP contribution in [0, 0.1) is 5.41 Å². The van der Waals surface area contributed by atoms with Gasteiger partial charge in [0.2, 0.25) is 0 Å². The van der Waals surface area contributed by atoms with E-state index in [0.717, 1.165) is 11.8 Å². The first-order valence-electron chi connectivity index (χ1n) is 7.74. The van der Waals surface area contributed by atoms with Crippen LogP contribution in [0.2, 0.25) is 0 Å². The Labute approximate surface area is 116 Å². The predicted octanol–water partition coefficient (Wildman–Crippen LogP) is 3.19. The molecule has 2 rings (SSSR count). The molecule has 3 heteroatoms. The molecule has 0 aromatic carbocycles. The van der Waals surface area contributed by atoms with Crippen LogP contribution in [0.25, 0.3) is 0 Å². The Morgan fingerprint density at radius 3 is 2.67 bits per heavy atom. The van der Waals surface area contributed by atoms with Gasteiger partial charge in [0.05, 0.1) is 0 Å². The summed E-state index contributed by atoms with van der Waals surface area (Å²) in [4.78, 5) is 0. The summed E-state index contributed by atoms with van der Waals surface area (Å²) in [5.74, 6) is 1.25. The molecule has 2 atom stereocenters. The van der Waals surface area contributed by atoms with E-state index >= 15 is 0 Å². The van der Waals surface area contributed by atoms with Crippen molar-refractivity contribution in [1.82, 2.24) is 5.32 Å². The Bertz CT molecular complexity index is 241. The van der Waals surface area contributed by atoms with Crippen molar-refractivity contribution in [2.45, 2.75) is 69.6 Å². The zero-order valence-corrected chi connectivity index (χ0v) is 12.6. The molecular weight excluding hydrogens is 242 g/mol. The molecule has 2 nitrogen and oxygen atoms in total. The minimum absolute atomic E-state index is 0.203. The lowest BCUT2D eigenvalue weighted by Crippen LogP contribution is -2.42. The van der Waals surface area contributed by atoms with Gasteiger partial charge in [0.1, 0.15) is 0 Å². The quantitative estimate of drug-likeness (QED) is 0.778. The molecule has 2 aliphatic rings. The first-order chi connectivity index (χ1) is 8.78. The molecule has 0 bridgehead atoms. The van der Waals surface area contributed by atoms with Gasteiger partial charge in [-0.25, -0.2) is 0 Å². The highest BCUT2D eigenvalue weighted by molar-refractivity contribution is 7.99.